The van der Waals surface area contributed by atoms with Crippen LogP contribution < -0.4 is 0 Å². The summed E-state index contributed by atoms with van der Waals surface area (Å²) in [6.07, 6.45) is -1.14. The van der Waals surface area contributed by atoms with Crippen LogP contribution in [0.25, 0.3) is 0 Å². The Labute approximate surface area is 102 Å². The van der Waals surface area contributed by atoms with E-state index in [9.17, 15) is 18.7 Å². The number of hydrogen-bond donors (Lipinski definition) is 1. The summed E-state index contributed by atoms with van der Waals surface area (Å²) in [5.74, 6) is -1.17. The molecule has 1 aromatic carbocycles. The number of carbonyl (C=O) groups is 1. The zero-order chi connectivity index (χ0) is 13.0. The van der Waals surface area contributed by atoms with E-state index in [2.05, 4.69) is 0 Å². The molecule has 0 bridgehead atoms. The first-order valence-electron chi connectivity index (χ1n) is 4.88. The van der Waals surface area contributed by atoms with E-state index in [0.29, 0.717) is 0 Å². The second-order valence-electron chi connectivity index (χ2n) is 3.11. The van der Waals surface area contributed by atoms with Gasteiger partial charge >= 0.3 is 5.97 Å². The van der Waals surface area contributed by atoms with Gasteiger partial charge in [-0.05, 0) is 19.2 Å². The number of alkyl halides is 2. The molecule has 1 rings (SSSR count). The van der Waals surface area contributed by atoms with Crippen LogP contribution in [0, 0.1) is 0 Å². The molecule has 0 spiro atoms. The molecule has 6 heteroatoms. The van der Waals surface area contributed by atoms with E-state index in [1.54, 1.807) is 13.2 Å². The van der Waals surface area contributed by atoms with Crippen LogP contribution in [0.4, 0.5) is 8.78 Å². The van der Waals surface area contributed by atoms with Crippen LogP contribution in [0.2, 0.25) is 0 Å². The van der Waals surface area contributed by atoms with Crippen LogP contribution in [0.1, 0.15) is 29.3 Å². The zero-order valence-corrected chi connectivity index (χ0v) is 10.2. The third-order valence-electron chi connectivity index (χ3n) is 2.10. The highest BCUT2D eigenvalue weighted by molar-refractivity contribution is 7.98. The molecule has 0 saturated carbocycles. The van der Waals surface area contributed by atoms with Gasteiger partial charge in [-0.2, -0.15) is 0 Å². The van der Waals surface area contributed by atoms with Crippen molar-refractivity contribution in [2.45, 2.75) is 18.2 Å². The molecule has 17 heavy (non-hydrogen) atoms. The quantitative estimate of drug-likeness (QED) is 0.668. The molecule has 0 heterocycles. The van der Waals surface area contributed by atoms with Gasteiger partial charge in [-0.15, -0.1) is 11.8 Å². The lowest BCUT2D eigenvalue weighted by Gasteiger charge is -2.11. The average Bonchev–Trinajstić information content (AvgIpc) is 2.28. The van der Waals surface area contributed by atoms with Crippen molar-refractivity contribution in [3.8, 4) is 5.75 Å². The largest absolute Gasteiger partial charge is 0.506 e. The van der Waals surface area contributed by atoms with Gasteiger partial charge in [0, 0.05) is 5.56 Å². The highest BCUT2D eigenvalue weighted by atomic mass is 32.2. The number of phenolic OH excluding ortho intramolecular Hbond substituents is 1. The number of aromatic hydroxyl groups is 1. The summed E-state index contributed by atoms with van der Waals surface area (Å²) in [5, 5.41) is 9.76. The molecule has 0 radical (unpaired) electrons. The molecular weight excluding hydrogens is 250 g/mol. The van der Waals surface area contributed by atoms with Crippen LogP contribution >= 0.6 is 11.8 Å². The van der Waals surface area contributed by atoms with Crippen LogP contribution in [0.15, 0.2) is 17.0 Å². The van der Waals surface area contributed by atoms with Crippen LogP contribution in [0.3, 0.4) is 0 Å². The summed E-state index contributed by atoms with van der Waals surface area (Å²) < 4.78 is 30.0. The second kappa shape index (κ2) is 5.86. The van der Waals surface area contributed by atoms with Crippen molar-refractivity contribution in [2.75, 3.05) is 12.9 Å². The van der Waals surface area contributed by atoms with Gasteiger partial charge in [0.05, 0.1) is 11.5 Å². The van der Waals surface area contributed by atoms with Crippen molar-refractivity contribution >= 4 is 17.7 Å². The summed E-state index contributed by atoms with van der Waals surface area (Å²) >= 11 is 0.962. The maximum absolute atomic E-state index is 12.6. The fourth-order valence-electron chi connectivity index (χ4n) is 1.35. The lowest BCUT2D eigenvalue weighted by atomic mass is 10.1. The number of carbonyl (C=O) groups excluding carboxylic acids is 1. The lowest BCUT2D eigenvalue weighted by Crippen LogP contribution is -2.06. The molecule has 0 atom stereocenters. The predicted octanol–water partition coefficient (Wildman–Crippen LogP) is 3.23. The average molecular weight is 262 g/mol. The van der Waals surface area contributed by atoms with Crippen LogP contribution in [-0.4, -0.2) is 23.9 Å². The molecule has 0 fully saturated rings. The first-order chi connectivity index (χ1) is 8.02. The maximum Gasteiger partial charge on any atom is 0.341 e. The molecule has 1 N–H and O–H groups in total. The summed E-state index contributed by atoms with van der Waals surface area (Å²) in [6, 6.07) is 2.27. The second-order valence-corrected chi connectivity index (χ2v) is 3.92. The number of esters is 1. The van der Waals surface area contributed by atoms with E-state index in [0.717, 1.165) is 23.9 Å². The molecular formula is C11H12F2O3S. The SMILES string of the molecule is CCOC(=O)c1ccc(C(F)F)c(SC)c1O. The highest BCUT2D eigenvalue weighted by Crippen LogP contribution is 2.38. The number of hydrogen-bond acceptors (Lipinski definition) is 4. The topological polar surface area (TPSA) is 46.5 Å². The van der Waals surface area contributed by atoms with E-state index in [4.69, 9.17) is 4.74 Å². The molecule has 3 nitrogen and oxygen atoms in total. The van der Waals surface area contributed by atoms with E-state index in [1.807, 2.05) is 0 Å². The zero-order valence-electron chi connectivity index (χ0n) is 9.37. The number of phenols is 1. The minimum atomic E-state index is -2.69. The highest BCUT2D eigenvalue weighted by Gasteiger charge is 2.22. The van der Waals surface area contributed by atoms with Crippen LogP contribution in [0.5, 0.6) is 5.75 Å². The normalized spacial score (nSPS) is 10.6. The summed E-state index contributed by atoms with van der Waals surface area (Å²) in [6.45, 7) is 1.78. The third-order valence-corrected chi connectivity index (χ3v) is 2.93. The Morgan fingerprint density at radius 2 is 2.18 bits per heavy atom. The van der Waals surface area contributed by atoms with E-state index in [-0.39, 0.29) is 22.6 Å². The Morgan fingerprint density at radius 1 is 1.53 bits per heavy atom. The van der Waals surface area contributed by atoms with Gasteiger partial charge in [0.15, 0.2) is 0 Å². The molecule has 1 aromatic rings. The molecule has 0 aliphatic rings. The summed E-state index contributed by atoms with van der Waals surface area (Å²) in [7, 11) is 0. The van der Waals surface area contributed by atoms with Gasteiger partial charge in [0.2, 0.25) is 0 Å². The monoisotopic (exact) mass is 262 g/mol. The number of halogens is 2. The van der Waals surface area contributed by atoms with Crippen molar-refractivity contribution in [3.63, 3.8) is 0 Å². The fourth-order valence-corrected chi connectivity index (χ4v) is 2.04. The number of ether oxygens (including phenoxy) is 1. The number of thioether (sulfide) groups is 1. The summed E-state index contributed by atoms with van der Waals surface area (Å²) in [4.78, 5) is 11.4. The van der Waals surface area contributed by atoms with Crippen molar-refractivity contribution in [1.29, 1.82) is 0 Å². The summed E-state index contributed by atoms with van der Waals surface area (Å²) in [5.41, 5.74) is -0.386. The first kappa shape index (κ1) is 13.8. The van der Waals surface area contributed by atoms with Crippen molar-refractivity contribution in [2.24, 2.45) is 0 Å². The van der Waals surface area contributed by atoms with Crippen LogP contribution in [-0.2, 0) is 4.74 Å². The molecule has 0 aromatic heterocycles. The Morgan fingerprint density at radius 3 is 2.65 bits per heavy atom. The van der Waals surface area contributed by atoms with Gasteiger partial charge < -0.3 is 9.84 Å². The molecule has 0 aliphatic heterocycles. The fraction of sp³-hybridized carbons (Fsp3) is 0.364. The third kappa shape index (κ3) is 2.88. The van der Waals surface area contributed by atoms with E-state index >= 15 is 0 Å². The van der Waals surface area contributed by atoms with Gasteiger partial charge in [-0.3, -0.25) is 0 Å². The standard InChI is InChI=1S/C11H12F2O3S/c1-3-16-11(15)6-4-5-7(10(12)13)9(17-2)8(6)14/h4-5,10,14H,3H2,1-2H3. The Bertz CT molecular complexity index is 421. The van der Waals surface area contributed by atoms with Gasteiger partial charge in [0.1, 0.15) is 11.3 Å². The molecule has 0 unspecified atom stereocenters. The smallest absolute Gasteiger partial charge is 0.341 e. The number of rotatable bonds is 4. The van der Waals surface area contributed by atoms with Crippen molar-refractivity contribution in [3.05, 3.63) is 23.3 Å². The van der Waals surface area contributed by atoms with E-state index < -0.39 is 18.1 Å². The first-order valence-corrected chi connectivity index (χ1v) is 6.10. The Kier molecular flexibility index (Phi) is 4.74. The maximum atomic E-state index is 12.6. The molecule has 0 amide bonds. The van der Waals surface area contributed by atoms with Gasteiger partial charge in [-0.1, -0.05) is 6.07 Å². The minimum absolute atomic E-state index is 0.00514. The van der Waals surface area contributed by atoms with Gasteiger partial charge in [-0.25, -0.2) is 13.6 Å². The Balaban J connectivity index is 3.24. The minimum Gasteiger partial charge on any atom is -0.506 e. The Hall–Kier alpha value is -1.30. The number of benzene rings is 1. The molecule has 0 saturated heterocycles. The van der Waals surface area contributed by atoms with E-state index in [1.165, 1.54) is 0 Å². The molecule has 94 valence electrons. The molecule has 0 aliphatic carbocycles. The lowest BCUT2D eigenvalue weighted by molar-refractivity contribution is 0.0522. The van der Waals surface area contributed by atoms with Crippen molar-refractivity contribution in [1.82, 2.24) is 0 Å². The predicted molar refractivity (Wildman–Crippen MR) is 60.8 cm³/mol. The van der Waals surface area contributed by atoms with Gasteiger partial charge in [0.25, 0.3) is 6.43 Å². The van der Waals surface area contributed by atoms with Crippen molar-refractivity contribution < 1.29 is 23.4 Å².